The van der Waals surface area contributed by atoms with Crippen LogP contribution in [-0.4, -0.2) is 40.8 Å². The molecule has 0 aliphatic heterocycles. The van der Waals surface area contributed by atoms with Crippen LogP contribution in [0.25, 0.3) is 0 Å². The third-order valence-corrected chi connectivity index (χ3v) is 2.90. The summed E-state index contributed by atoms with van der Waals surface area (Å²) in [6.45, 7) is -0.598. The Bertz CT molecular complexity index is 545. The molecule has 1 aromatic carbocycles. The number of aromatic hydroxyl groups is 1. The Morgan fingerprint density at radius 1 is 1.48 bits per heavy atom. The van der Waals surface area contributed by atoms with Crippen molar-refractivity contribution in [2.75, 3.05) is 13.9 Å². The van der Waals surface area contributed by atoms with Gasteiger partial charge in [-0.2, -0.15) is 0 Å². The zero-order valence-electron chi connectivity index (χ0n) is 11.2. The average molecular weight is 320 g/mol. The number of carbonyl (C=O) groups is 1. The minimum Gasteiger partial charge on any atom is -0.504 e. The summed E-state index contributed by atoms with van der Waals surface area (Å²) in [5, 5.41) is 16.4. The number of phenolic OH excluding ortho intramolecular Hbond substituents is 1. The fourth-order valence-corrected chi connectivity index (χ4v) is 1.66. The van der Waals surface area contributed by atoms with E-state index in [1.54, 1.807) is 6.07 Å². The van der Waals surface area contributed by atoms with Gasteiger partial charge in [0, 0.05) is 0 Å². The molecule has 0 aliphatic rings. The Labute approximate surface area is 121 Å². The third-order valence-electron chi connectivity index (χ3n) is 2.43. The Balaban J connectivity index is 2.63. The fraction of sp³-hybridized carbons (Fsp3) is 0.364. The number of ether oxygens (including phenoxy) is 2. The summed E-state index contributed by atoms with van der Waals surface area (Å²) in [5.41, 5.74) is 6.18. The molecular formula is C11H17N2O7P. The van der Waals surface area contributed by atoms with E-state index in [9.17, 15) is 9.90 Å². The predicted molar refractivity (Wildman–Crippen MR) is 72.5 cm³/mol. The van der Waals surface area contributed by atoms with E-state index < -0.39 is 26.5 Å². The largest absolute Gasteiger partial charge is 0.504 e. The maximum atomic E-state index is 11.2. The van der Waals surface area contributed by atoms with Crippen molar-refractivity contribution >= 4 is 13.7 Å². The minimum absolute atomic E-state index is 0.0267. The number of esters is 1. The van der Waals surface area contributed by atoms with Gasteiger partial charge in [-0.15, -0.1) is 0 Å². The minimum atomic E-state index is -4.14. The van der Waals surface area contributed by atoms with E-state index in [1.807, 2.05) is 0 Å². The van der Waals surface area contributed by atoms with Gasteiger partial charge < -0.3 is 30.1 Å². The molecule has 21 heavy (non-hydrogen) atoms. The maximum Gasteiger partial charge on any atom is 0.350 e. The molecule has 0 radical (unpaired) electrons. The predicted octanol–water partition coefficient (Wildman–Crippen LogP) is 0.297. The van der Waals surface area contributed by atoms with Crippen LogP contribution in [0.4, 0.5) is 0 Å². The number of methoxy groups -OCH3 is 1. The molecule has 0 unspecified atom stereocenters. The third kappa shape index (κ3) is 6.11. The van der Waals surface area contributed by atoms with Gasteiger partial charge in [0.1, 0.15) is 6.04 Å². The maximum absolute atomic E-state index is 11.2. The highest BCUT2D eigenvalue weighted by molar-refractivity contribution is 7.47. The molecule has 1 aromatic rings. The summed E-state index contributed by atoms with van der Waals surface area (Å²) < 4.78 is 13.7. The number of rotatable bonds is 7. The highest BCUT2D eigenvalue weighted by Crippen LogP contribution is 2.37. The Hall–Kier alpha value is -1.64. The summed E-state index contributed by atoms with van der Waals surface area (Å²) in [7, 11) is -2.91. The van der Waals surface area contributed by atoms with E-state index in [1.165, 1.54) is 19.2 Å². The van der Waals surface area contributed by atoms with Crippen molar-refractivity contribution in [3.05, 3.63) is 23.8 Å². The Morgan fingerprint density at radius 2 is 2.14 bits per heavy atom. The van der Waals surface area contributed by atoms with E-state index in [-0.39, 0.29) is 17.9 Å². The van der Waals surface area contributed by atoms with Crippen LogP contribution in [0, 0.1) is 5.16 Å². The molecule has 0 heterocycles. The number of carbonyl (C=O) groups excluding carboxylic acids is 1. The zero-order chi connectivity index (χ0) is 16.0. The Kier molecular flexibility index (Phi) is 6.13. The number of hydrogen-bond acceptors (Lipinski definition) is 7. The van der Waals surface area contributed by atoms with E-state index in [2.05, 4.69) is 9.26 Å². The molecule has 1 atom stereocenters. The zero-order valence-corrected chi connectivity index (χ0v) is 12.1. The van der Waals surface area contributed by atoms with Gasteiger partial charge in [0.2, 0.25) is 0 Å². The smallest absolute Gasteiger partial charge is 0.350 e. The van der Waals surface area contributed by atoms with Gasteiger partial charge in [-0.1, -0.05) is 6.07 Å². The fourth-order valence-electron chi connectivity index (χ4n) is 1.46. The van der Waals surface area contributed by atoms with Crippen molar-refractivity contribution in [1.29, 1.82) is 5.16 Å². The van der Waals surface area contributed by atoms with Crippen LogP contribution in [-0.2, 0) is 20.5 Å². The summed E-state index contributed by atoms with van der Waals surface area (Å²) >= 11 is 0. The van der Waals surface area contributed by atoms with Crippen LogP contribution >= 0.6 is 7.74 Å². The first-order valence-corrected chi connectivity index (χ1v) is 7.36. The standard InChI is InChI=1S/C11H17N2O7P/c1-18-11(15)8(12)4-7-2-3-10(9(14)5-7)19-6-20-21(13,16)17/h2-3,5,8,14H,4,6,12H2,1H3,(H3,13,16,17)/t8-/m0/s1. The molecule has 118 valence electrons. The topological polar surface area (TPSA) is 155 Å². The van der Waals surface area contributed by atoms with Crippen molar-refractivity contribution in [3.8, 4) is 11.5 Å². The second kappa shape index (κ2) is 7.39. The molecule has 0 saturated carbocycles. The normalized spacial score (nSPS) is 12.8. The molecule has 0 aromatic heterocycles. The summed E-state index contributed by atoms with van der Waals surface area (Å²) in [6.07, 6.45) is 0.172. The van der Waals surface area contributed by atoms with Gasteiger partial charge in [0.25, 0.3) is 0 Å². The molecule has 6 N–H and O–H groups in total. The lowest BCUT2D eigenvalue weighted by molar-refractivity contribution is -0.142. The lowest BCUT2D eigenvalue weighted by Gasteiger charge is -2.13. The highest BCUT2D eigenvalue weighted by Gasteiger charge is 2.15. The number of nitrogens with two attached hydrogens (primary N) is 1. The quantitative estimate of drug-likeness (QED) is 0.273. The molecule has 0 amide bonds. The van der Waals surface area contributed by atoms with Crippen LogP contribution < -0.4 is 10.5 Å². The highest BCUT2D eigenvalue weighted by atomic mass is 31.2. The first-order valence-electron chi connectivity index (χ1n) is 5.75. The number of nitrogens with one attached hydrogen (secondary N) is 1. The summed E-state index contributed by atoms with van der Waals surface area (Å²) in [4.78, 5) is 28.6. The van der Waals surface area contributed by atoms with E-state index in [0.29, 0.717) is 5.56 Å². The molecule has 0 bridgehead atoms. The van der Waals surface area contributed by atoms with Crippen molar-refractivity contribution in [2.24, 2.45) is 5.73 Å². The lowest BCUT2D eigenvalue weighted by Crippen LogP contribution is -2.33. The molecule has 0 saturated heterocycles. The average Bonchev–Trinajstić information content (AvgIpc) is 2.39. The lowest BCUT2D eigenvalue weighted by atomic mass is 10.1. The first-order chi connectivity index (χ1) is 9.73. The summed E-state index contributed by atoms with van der Waals surface area (Å²) in [6, 6.07) is 3.47. The first kappa shape index (κ1) is 17.4. The monoisotopic (exact) mass is 320 g/mol. The second-order valence-electron chi connectivity index (χ2n) is 4.07. The summed E-state index contributed by atoms with van der Waals surface area (Å²) in [5.74, 6) is -0.776. The van der Waals surface area contributed by atoms with E-state index >= 15 is 0 Å². The van der Waals surface area contributed by atoms with E-state index in [0.717, 1.165) is 0 Å². The molecular weight excluding hydrogens is 303 g/mol. The Morgan fingerprint density at radius 3 is 2.67 bits per heavy atom. The molecule has 0 spiro atoms. The second-order valence-corrected chi connectivity index (χ2v) is 5.42. The number of benzene rings is 1. The van der Waals surface area contributed by atoms with Crippen LogP contribution in [0.2, 0.25) is 0 Å². The molecule has 10 heteroatoms. The number of phenols is 1. The van der Waals surface area contributed by atoms with Crippen molar-refractivity contribution in [3.63, 3.8) is 0 Å². The van der Waals surface area contributed by atoms with Crippen LogP contribution in [0.1, 0.15) is 5.56 Å². The van der Waals surface area contributed by atoms with Gasteiger partial charge in [-0.25, -0.2) is 5.16 Å². The number of hydrogen-bond donors (Lipinski definition) is 5. The van der Waals surface area contributed by atoms with Gasteiger partial charge >= 0.3 is 13.7 Å². The molecule has 0 aliphatic carbocycles. The SMILES string of the molecule is COC(=O)[C@@H](N)Cc1ccc(OCOP(=N)(O)O)c(O)c1. The van der Waals surface area contributed by atoms with E-state index in [4.69, 9.17) is 25.4 Å². The van der Waals surface area contributed by atoms with Crippen molar-refractivity contribution < 1.29 is 33.7 Å². The molecule has 1 rings (SSSR count). The molecule has 9 nitrogen and oxygen atoms in total. The molecule has 0 fully saturated rings. The van der Waals surface area contributed by atoms with Crippen LogP contribution in [0.5, 0.6) is 11.5 Å². The van der Waals surface area contributed by atoms with Crippen LogP contribution in [0.3, 0.4) is 0 Å². The van der Waals surface area contributed by atoms with Crippen LogP contribution in [0.15, 0.2) is 18.2 Å². The van der Waals surface area contributed by atoms with Crippen molar-refractivity contribution in [1.82, 2.24) is 0 Å². The van der Waals surface area contributed by atoms with Gasteiger partial charge in [0.15, 0.2) is 18.3 Å². The van der Waals surface area contributed by atoms with Crippen molar-refractivity contribution in [2.45, 2.75) is 12.5 Å². The van der Waals surface area contributed by atoms with Gasteiger partial charge in [-0.05, 0) is 24.1 Å². The van der Waals surface area contributed by atoms with Gasteiger partial charge in [-0.3, -0.25) is 9.32 Å². The van der Waals surface area contributed by atoms with Gasteiger partial charge in [0.05, 0.1) is 7.11 Å².